The Morgan fingerprint density at radius 1 is 1.07 bits per heavy atom. The van der Waals surface area contributed by atoms with E-state index in [1.165, 1.54) is 23.9 Å². The van der Waals surface area contributed by atoms with Gasteiger partial charge < -0.3 is 15.1 Å². The van der Waals surface area contributed by atoms with Gasteiger partial charge in [-0.05, 0) is 17.7 Å². The van der Waals surface area contributed by atoms with Gasteiger partial charge in [0.1, 0.15) is 11.1 Å². The lowest BCUT2D eigenvalue weighted by molar-refractivity contribution is -0.135. The van der Waals surface area contributed by atoms with E-state index in [0.29, 0.717) is 37.3 Å². The van der Waals surface area contributed by atoms with Crippen LogP contribution in [0.4, 0.5) is 4.39 Å². The van der Waals surface area contributed by atoms with Crippen LogP contribution in [-0.4, -0.2) is 57.2 Å². The molecule has 3 aromatic rings. The second-order valence-corrected chi connectivity index (χ2v) is 8.25. The third-order valence-electron chi connectivity index (χ3n) is 5.26. The summed E-state index contributed by atoms with van der Waals surface area (Å²) in [5.74, 6) is 0.372. The highest BCUT2D eigenvalue weighted by atomic mass is 32.2. The molecule has 5 rings (SSSR count). The van der Waals surface area contributed by atoms with Crippen molar-refractivity contribution in [3.8, 4) is 11.4 Å². The predicted molar refractivity (Wildman–Crippen MR) is 111 cm³/mol. The molecule has 0 unspecified atom stereocenters. The lowest BCUT2D eigenvalue weighted by Crippen LogP contribution is -2.49. The topological polar surface area (TPSA) is 72.3 Å². The van der Waals surface area contributed by atoms with E-state index in [0.717, 1.165) is 11.1 Å². The largest absolute Gasteiger partial charge is 0.378 e. The first-order chi connectivity index (χ1) is 14.7. The second kappa shape index (κ2) is 8.08. The van der Waals surface area contributed by atoms with E-state index in [-0.39, 0.29) is 17.8 Å². The molecule has 2 aliphatic rings. The van der Waals surface area contributed by atoms with Crippen LogP contribution in [0.25, 0.3) is 11.4 Å². The fourth-order valence-electron chi connectivity index (χ4n) is 3.70. The number of rotatable bonds is 3. The van der Waals surface area contributed by atoms with E-state index in [2.05, 4.69) is 15.6 Å². The van der Waals surface area contributed by atoms with Gasteiger partial charge in [0, 0.05) is 18.7 Å². The number of hydrogen-bond donors (Lipinski definition) is 1. The molecular formula is C21H20FN5O2S. The molecule has 0 aliphatic carbocycles. The molecule has 30 heavy (non-hydrogen) atoms. The number of halogens is 1. The highest BCUT2D eigenvalue weighted by molar-refractivity contribution is 8.00. The third-order valence-corrected chi connectivity index (χ3v) is 6.47. The molecule has 0 spiro atoms. The lowest BCUT2D eigenvalue weighted by Gasteiger charge is -2.37. The van der Waals surface area contributed by atoms with Crippen molar-refractivity contribution in [3.05, 3.63) is 66.0 Å². The van der Waals surface area contributed by atoms with Gasteiger partial charge in [-0.2, -0.15) is 0 Å². The zero-order chi connectivity index (χ0) is 20.5. The molecule has 0 bridgehead atoms. The molecule has 2 atom stereocenters. The number of amides is 1. The molecule has 2 aromatic carbocycles. The molecule has 0 radical (unpaired) electrons. The van der Waals surface area contributed by atoms with Crippen LogP contribution in [0, 0.1) is 5.82 Å². The fraction of sp³-hybridized carbons (Fsp3) is 0.286. The molecule has 1 N–H and O–H groups in total. The first-order valence-electron chi connectivity index (χ1n) is 9.77. The summed E-state index contributed by atoms with van der Waals surface area (Å²) in [6.07, 6.45) is 0. The van der Waals surface area contributed by atoms with Crippen LogP contribution in [0.5, 0.6) is 0 Å². The van der Waals surface area contributed by atoms with Crippen molar-refractivity contribution >= 4 is 17.7 Å². The fourth-order valence-corrected chi connectivity index (χ4v) is 4.87. The number of ether oxygens (including phenoxy) is 1. The summed E-state index contributed by atoms with van der Waals surface area (Å²) >= 11 is 1.38. The molecule has 0 saturated carbocycles. The number of fused-ring (bicyclic) bond motifs is 1. The van der Waals surface area contributed by atoms with Crippen molar-refractivity contribution in [2.24, 2.45) is 0 Å². The molecule has 7 nitrogen and oxygen atoms in total. The van der Waals surface area contributed by atoms with E-state index in [4.69, 9.17) is 4.74 Å². The van der Waals surface area contributed by atoms with Crippen LogP contribution in [0.2, 0.25) is 0 Å². The van der Waals surface area contributed by atoms with Gasteiger partial charge in [-0.25, -0.2) is 9.07 Å². The highest BCUT2D eigenvalue weighted by Crippen LogP contribution is 2.39. The van der Waals surface area contributed by atoms with Gasteiger partial charge >= 0.3 is 0 Å². The summed E-state index contributed by atoms with van der Waals surface area (Å²) in [6.45, 7) is 2.19. The van der Waals surface area contributed by atoms with E-state index in [9.17, 15) is 9.18 Å². The van der Waals surface area contributed by atoms with E-state index < -0.39 is 5.25 Å². The minimum Gasteiger partial charge on any atom is -0.378 e. The minimum absolute atomic E-state index is 0.0145. The summed E-state index contributed by atoms with van der Waals surface area (Å²) in [6, 6.07) is 15.6. The van der Waals surface area contributed by atoms with Gasteiger partial charge in [-0.1, -0.05) is 54.2 Å². The van der Waals surface area contributed by atoms with E-state index >= 15 is 0 Å². The molecule has 1 aromatic heterocycles. The SMILES string of the molecule is O=C([C@@H]1Sc2nnc(-c3ccccc3)n2N[C@@H]1c1ccc(F)cc1)N1CCOCC1. The summed E-state index contributed by atoms with van der Waals surface area (Å²) in [5, 5.41) is 8.83. The Labute approximate surface area is 177 Å². The van der Waals surface area contributed by atoms with Crippen LogP contribution in [0.15, 0.2) is 59.8 Å². The molecule has 3 heterocycles. The molecule has 2 aliphatic heterocycles. The van der Waals surface area contributed by atoms with Crippen LogP contribution >= 0.6 is 11.8 Å². The number of morpholine rings is 1. The van der Waals surface area contributed by atoms with Gasteiger partial charge in [-0.15, -0.1) is 10.2 Å². The van der Waals surface area contributed by atoms with Crippen molar-refractivity contribution in [3.63, 3.8) is 0 Å². The Morgan fingerprint density at radius 2 is 1.80 bits per heavy atom. The summed E-state index contributed by atoms with van der Waals surface area (Å²) in [7, 11) is 0. The van der Waals surface area contributed by atoms with E-state index in [1.807, 2.05) is 39.9 Å². The van der Waals surface area contributed by atoms with Gasteiger partial charge in [0.05, 0.1) is 19.3 Å². The van der Waals surface area contributed by atoms with Crippen LogP contribution < -0.4 is 5.43 Å². The second-order valence-electron chi connectivity index (χ2n) is 7.14. The Kier molecular flexibility index (Phi) is 5.14. The zero-order valence-electron chi connectivity index (χ0n) is 16.1. The number of carbonyl (C=O) groups is 1. The first kappa shape index (κ1) is 19.1. The summed E-state index contributed by atoms with van der Waals surface area (Å²) < 4.78 is 20.7. The maximum atomic E-state index is 13.5. The Morgan fingerprint density at radius 3 is 2.53 bits per heavy atom. The molecule has 154 valence electrons. The van der Waals surface area contributed by atoms with Crippen LogP contribution in [0.1, 0.15) is 11.6 Å². The maximum absolute atomic E-state index is 13.5. The van der Waals surface area contributed by atoms with Gasteiger partial charge in [0.25, 0.3) is 0 Å². The van der Waals surface area contributed by atoms with Crippen LogP contribution in [-0.2, 0) is 9.53 Å². The minimum atomic E-state index is -0.450. The highest BCUT2D eigenvalue weighted by Gasteiger charge is 2.40. The van der Waals surface area contributed by atoms with Crippen molar-refractivity contribution in [1.29, 1.82) is 0 Å². The monoisotopic (exact) mass is 425 g/mol. The van der Waals surface area contributed by atoms with Crippen molar-refractivity contribution in [2.75, 3.05) is 31.7 Å². The van der Waals surface area contributed by atoms with E-state index in [1.54, 1.807) is 12.1 Å². The van der Waals surface area contributed by atoms with Crippen LogP contribution in [0.3, 0.4) is 0 Å². The normalized spacial score (nSPS) is 21.0. The summed E-state index contributed by atoms with van der Waals surface area (Å²) in [5.41, 5.74) is 5.16. The molecule has 1 amide bonds. The van der Waals surface area contributed by atoms with Gasteiger partial charge in [-0.3, -0.25) is 4.79 Å². The quantitative estimate of drug-likeness (QED) is 0.696. The number of aromatic nitrogens is 3. The first-order valence-corrected chi connectivity index (χ1v) is 10.6. The Hall–Kier alpha value is -2.91. The number of nitrogens with zero attached hydrogens (tertiary/aromatic N) is 4. The summed E-state index contributed by atoms with van der Waals surface area (Å²) in [4.78, 5) is 15.2. The molecule has 9 heteroatoms. The maximum Gasteiger partial charge on any atom is 0.238 e. The number of carbonyl (C=O) groups excluding carboxylic acids is 1. The van der Waals surface area contributed by atoms with Crippen molar-refractivity contribution in [2.45, 2.75) is 16.4 Å². The molecule has 1 fully saturated rings. The number of thioether (sulfide) groups is 1. The average molecular weight is 425 g/mol. The lowest BCUT2D eigenvalue weighted by atomic mass is 10.0. The van der Waals surface area contributed by atoms with Crippen molar-refractivity contribution < 1.29 is 13.9 Å². The third kappa shape index (κ3) is 3.54. The average Bonchev–Trinajstić information content (AvgIpc) is 3.22. The smallest absolute Gasteiger partial charge is 0.238 e. The molecular weight excluding hydrogens is 405 g/mol. The number of nitrogens with one attached hydrogen (secondary N) is 1. The standard InChI is InChI=1S/C21H20FN5O2S/c22-16-8-6-14(7-9-16)17-18(20(28)26-10-12-29-13-11-26)30-21-24-23-19(27(21)25-17)15-4-2-1-3-5-15/h1-9,17-18,25H,10-13H2/t17-,18-/m1/s1. The Balaban J connectivity index is 1.53. The van der Waals surface area contributed by atoms with Gasteiger partial charge in [0.2, 0.25) is 11.1 Å². The van der Waals surface area contributed by atoms with Crippen molar-refractivity contribution in [1.82, 2.24) is 19.8 Å². The zero-order valence-corrected chi connectivity index (χ0v) is 16.9. The molecule has 1 saturated heterocycles. The Bertz CT molecular complexity index is 1040. The number of hydrogen-bond acceptors (Lipinski definition) is 6. The number of benzene rings is 2. The predicted octanol–water partition coefficient (Wildman–Crippen LogP) is 2.70. The van der Waals surface area contributed by atoms with Gasteiger partial charge in [0.15, 0.2) is 5.82 Å².